The molecule has 7 nitrogen and oxygen atoms in total. The fraction of sp³-hybridized carbons (Fsp3) is 0.182. The van der Waals surface area contributed by atoms with Crippen LogP contribution in [-0.2, 0) is 14.8 Å². The van der Waals surface area contributed by atoms with Crippen LogP contribution in [0.25, 0.3) is 11.1 Å². The average Bonchev–Trinajstić information content (AvgIpc) is 3.31. The van der Waals surface area contributed by atoms with Crippen LogP contribution in [0.15, 0.2) is 70.9 Å². The number of nitrogens with one attached hydrogen (secondary N) is 2. The summed E-state index contributed by atoms with van der Waals surface area (Å²) in [5.74, 6) is -1.52. The maximum absolute atomic E-state index is 12.7. The fourth-order valence-electron chi connectivity index (χ4n) is 2.96. The van der Waals surface area contributed by atoms with Gasteiger partial charge in [0.25, 0.3) is 5.91 Å². The highest BCUT2D eigenvalue weighted by molar-refractivity contribution is 7.89. The molecule has 0 radical (unpaired) electrons. The van der Waals surface area contributed by atoms with Crippen LogP contribution in [0.1, 0.15) is 22.5 Å². The second kappa shape index (κ2) is 10.7. The van der Waals surface area contributed by atoms with Gasteiger partial charge in [-0.1, -0.05) is 41.9 Å². The number of carbonyl (C=O) groups is 2. The van der Waals surface area contributed by atoms with E-state index in [1.165, 1.54) is 23.5 Å². The van der Waals surface area contributed by atoms with Crippen molar-refractivity contribution in [1.29, 1.82) is 0 Å². The Morgan fingerprint density at radius 2 is 1.62 bits per heavy atom. The summed E-state index contributed by atoms with van der Waals surface area (Å²) in [6.45, 7) is 0.234. The number of aliphatic carboxylic acids is 1. The van der Waals surface area contributed by atoms with Crippen LogP contribution in [0.3, 0.4) is 0 Å². The molecule has 0 bridgehead atoms. The molecular weight excluding hydrogens is 472 g/mol. The standard InChI is InChI=1S/C22H21ClN2O5S2/c23-17-9-5-15(6-10-17)16-7-11-18(12-8-16)32(29,30)25-19(22(27)28)3-1-13-24-21(26)20-4-2-14-31-20/h2,4-12,14,19,25H,1,3,13H2,(H,24,26)(H,27,28)/t19-/m0/s1. The van der Waals surface area contributed by atoms with Crippen LogP contribution in [0.2, 0.25) is 5.02 Å². The molecule has 0 saturated heterocycles. The smallest absolute Gasteiger partial charge is 0.321 e. The van der Waals surface area contributed by atoms with Crippen LogP contribution < -0.4 is 10.0 Å². The summed E-state index contributed by atoms with van der Waals surface area (Å²) in [6.07, 6.45) is 0.328. The van der Waals surface area contributed by atoms with Crippen LogP contribution >= 0.6 is 22.9 Å². The van der Waals surface area contributed by atoms with E-state index in [0.29, 0.717) is 16.3 Å². The molecule has 1 heterocycles. The Morgan fingerprint density at radius 3 is 2.19 bits per heavy atom. The molecule has 1 aromatic heterocycles. The maximum atomic E-state index is 12.7. The summed E-state index contributed by atoms with van der Waals surface area (Å²) >= 11 is 7.19. The normalized spacial score (nSPS) is 12.3. The first-order valence-electron chi connectivity index (χ1n) is 9.69. The molecule has 0 saturated carbocycles. The predicted octanol–water partition coefficient (Wildman–Crippen LogP) is 4.01. The number of carboxylic acid groups (broad SMARTS) is 1. The van der Waals surface area contributed by atoms with E-state index in [1.807, 2.05) is 12.1 Å². The van der Waals surface area contributed by atoms with Crippen molar-refractivity contribution < 1.29 is 23.1 Å². The predicted molar refractivity (Wildman–Crippen MR) is 125 cm³/mol. The Kier molecular flexibility index (Phi) is 8.03. The van der Waals surface area contributed by atoms with Gasteiger partial charge in [-0.05, 0) is 59.7 Å². The molecule has 3 N–H and O–H groups in total. The van der Waals surface area contributed by atoms with Gasteiger partial charge in [0.1, 0.15) is 6.04 Å². The molecule has 32 heavy (non-hydrogen) atoms. The molecule has 0 spiro atoms. The lowest BCUT2D eigenvalue weighted by molar-refractivity contribution is -0.139. The Labute approximate surface area is 195 Å². The topological polar surface area (TPSA) is 113 Å². The van der Waals surface area contributed by atoms with E-state index in [9.17, 15) is 23.1 Å². The zero-order chi connectivity index (χ0) is 23.1. The number of hydrogen-bond donors (Lipinski definition) is 3. The van der Waals surface area contributed by atoms with Crippen LogP contribution in [0.5, 0.6) is 0 Å². The van der Waals surface area contributed by atoms with Crippen molar-refractivity contribution in [3.8, 4) is 11.1 Å². The van der Waals surface area contributed by atoms with Gasteiger partial charge in [0.05, 0.1) is 9.77 Å². The number of halogens is 1. The van der Waals surface area contributed by atoms with E-state index in [-0.39, 0.29) is 23.8 Å². The molecule has 10 heteroatoms. The minimum atomic E-state index is -4.04. The van der Waals surface area contributed by atoms with Gasteiger partial charge in [-0.2, -0.15) is 4.72 Å². The highest BCUT2D eigenvalue weighted by Gasteiger charge is 2.25. The number of benzene rings is 2. The van der Waals surface area contributed by atoms with Gasteiger partial charge in [0, 0.05) is 11.6 Å². The summed E-state index contributed by atoms with van der Waals surface area (Å²) in [7, 11) is -4.04. The van der Waals surface area contributed by atoms with Crippen molar-refractivity contribution in [2.45, 2.75) is 23.8 Å². The van der Waals surface area contributed by atoms with Crippen molar-refractivity contribution >= 4 is 44.8 Å². The van der Waals surface area contributed by atoms with Gasteiger partial charge in [0.2, 0.25) is 10.0 Å². The third kappa shape index (κ3) is 6.39. The number of sulfonamides is 1. The lowest BCUT2D eigenvalue weighted by Gasteiger charge is -2.15. The zero-order valence-corrected chi connectivity index (χ0v) is 19.2. The first-order chi connectivity index (χ1) is 15.3. The number of amides is 1. The number of thiophene rings is 1. The summed E-state index contributed by atoms with van der Waals surface area (Å²) in [4.78, 5) is 24.0. The van der Waals surface area contributed by atoms with Gasteiger partial charge in [-0.15, -0.1) is 11.3 Å². The molecule has 3 aromatic rings. The van der Waals surface area contributed by atoms with E-state index in [1.54, 1.807) is 41.8 Å². The molecule has 0 unspecified atom stereocenters. The summed E-state index contributed by atoms with van der Waals surface area (Å²) in [6, 6.07) is 15.4. The quantitative estimate of drug-likeness (QED) is 0.370. The Bertz CT molecular complexity index is 1160. The van der Waals surface area contributed by atoms with Crippen LogP contribution in [0.4, 0.5) is 0 Å². The second-order valence-electron chi connectivity index (χ2n) is 6.92. The largest absolute Gasteiger partial charge is 0.480 e. The lowest BCUT2D eigenvalue weighted by atomic mass is 10.1. The van der Waals surface area contributed by atoms with Crippen LogP contribution in [0, 0.1) is 0 Å². The van der Waals surface area contributed by atoms with Crippen molar-refractivity contribution in [2.24, 2.45) is 0 Å². The Morgan fingerprint density at radius 1 is 1.00 bits per heavy atom. The van der Waals surface area contributed by atoms with Crippen molar-refractivity contribution in [3.63, 3.8) is 0 Å². The van der Waals surface area contributed by atoms with Gasteiger partial charge in [-0.3, -0.25) is 9.59 Å². The van der Waals surface area contributed by atoms with E-state index in [0.717, 1.165) is 11.1 Å². The highest BCUT2D eigenvalue weighted by atomic mass is 35.5. The van der Waals surface area contributed by atoms with E-state index in [4.69, 9.17) is 11.6 Å². The van der Waals surface area contributed by atoms with Crippen molar-refractivity contribution in [2.75, 3.05) is 6.54 Å². The molecular formula is C22H21ClN2O5S2. The van der Waals surface area contributed by atoms with E-state index >= 15 is 0 Å². The first-order valence-corrected chi connectivity index (χ1v) is 12.4. The SMILES string of the molecule is O=C(NCCC[C@H](NS(=O)(=O)c1ccc(-c2ccc(Cl)cc2)cc1)C(=O)O)c1cccs1. The fourth-order valence-corrected chi connectivity index (χ4v) is 4.95. The molecule has 1 amide bonds. The van der Waals surface area contributed by atoms with Gasteiger partial charge < -0.3 is 10.4 Å². The Hall–Kier alpha value is -2.72. The van der Waals surface area contributed by atoms with Gasteiger partial charge >= 0.3 is 5.97 Å². The molecule has 0 aliphatic rings. The summed E-state index contributed by atoms with van der Waals surface area (Å²) < 4.78 is 27.6. The third-order valence-electron chi connectivity index (χ3n) is 4.64. The Balaban J connectivity index is 1.59. The molecule has 3 rings (SSSR count). The minimum absolute atomic E-state index is 0.0299. The summed E-state index contributed by atoms with van der Waals surface area (Å²) in [5.41, 5.74) is 1.68. The number of carboxylic acids is 1. The van der Waals surface area contributed by atoms with Crippen molar-refractivity contribution in [3.05, 3.63) is 75.9 Å². The molecule has 1 atom stereocenters. The monoisotopic (exact) mass is 492 g/mol. The summed E-state index contributed by atoms with van der Waals surface area (Å²) in [5, 5.41) is 14.5. The second-order valence-corrected chi connectivity index (χ2v) is 10.0. The number of hydrogen-bond acceptors (Lipinski definition) is 5. The number of rotatable bonds is 10. The van der Waals surface area contributed by atoms with Gasteiger partial charge in [-0.25, -0.2) is 8.42 Å². The van der Waals surface area contributed by atoms with E-state index < -0.39 is 22.0 Å². The third-order valence-corrected chi connectivity index (χ3v) is 7.25. The van der Waals surface area contributed by atoms with Gasteiger partial charge in [0.15, 0.2) is 0 Å². The van der Waals surface area contributed by atoms with E-state index in [2.05, 4.69) is 10.0 Å². The molecule has 168 valence electrons. The molecule has 0 aliphatic carbocycles. The first kappa shape index (κ1) is 23.9. The molecule has 0 aliphatic heterocycles. The minimum Gasteiger partial charge on any atom is -0.480 e. The molecule has 0 fully saturated rings. The lowest BCUT2D eigenvalue weighted by Crippen LogP contribution is -2.41. The van der Waals surface area contributed by atoms with Crippen molar-refractivity contribution in [1.82, 2.24) is 10.0 Å². The highest BCUT2D eigenvalue weighted by Crippen LogP contribution is 2.23. The maximum Gasteiger partial charge on any atom is 0.321 e. The number of carbonyl (C=O) groups excluding carboxylic acids is 1. The molecule has 2 aromatic carbocycles. The zero-order valence-electron chi connectivity index (χ0n) is 16.8. The van der Waals surface area contributed by atoms with Crippen LogP contribution in [-0.4, -0.2) is 38.0 Å². The average molecular weight is 493 g/mol.